The van der Waals surface area contributed by atoms with Crippen molar-refractivity contribution >= 4 is 10.9 Å². The lowest BCUT2D eigenvalue weighted by Gasteiger charge is -2.33. The highest BCUT2D eigenvalue weighted by molar-refractivity contribution is 5.80. The monoisotopic (exact) mass is 276 g/mol. The van der Waals surface area contributed by atoms with E-state index in [4.69, 9.17) is 0 Å². The van der Waals surface area contributed by atoms with E-state index in [2.05, 4.69) is 66.3 Å². The highest BCUT2D eigenvalue weighted by Crippen LogP contribution is 2.34. The number of nitrogens with one attached hydrogen (secondary N) is 1. The summed E-state index contributed by atoms with van der Waals surface area (Å²) in [6.07, 6.45) is 2.01. The molecular weight excluding hydrogens is 256 g/mol. The van der Waals surface area contributed by atoms with Crippen LogP contribution in [0.3, 0.4) is 0 Å². The van der Waals surface area contributed by atoms with Crippen LogP contribution in [0.5, 0.6) is 0 Å². The van der Waals surface area contributed by atoms with Gasteiger partial charge in [0.25, 0.3) is 0 Å². The van der Waals surface area contributed by atoms with Crippen molar-refractivity contribution in [3.05, 3.63) is 70.9 Å². The molecule has 1 atom stereocenters. The number of aromatic nitrogens is 1. The number of rotatable bonds is 1. The second kappa shape index (κ2) is 4.74. The first-order chi connectivity index (χ1) is 10.2. The quantitative estimate of drug-likeness (QED) is 0.710. The van der Waals surface area contributed by atoms with E-state index < -0.39 is 0 Å². The lowest BCUT2D eigenvalue weighted by molar-refractivity contribution is 0.295. The Hall–Kier alpha value is -2.06. The van der Waals surface area contributed by atoms with Gasteiger partial charge >= 0.3 is 0 Å². The molecule has 4 rings (SSSR count). The van der Waals surface area contributed by atoms with E-state index in [1.54, 1.807) is 0 Å². The first-order valence-electron chi connectivity index (χ1n) is 7.56. The molecule has 0 saturated carbocycles. The summed E-state index contributed by atoms with van der Waals surface area (Å²) in [5.74, 6) is 0.465. The fourth-order valence-corrected chi connectivity index (χ4v) is 3.54. The Morgan fingerprint density at radius 1 is 1.10 bits per heavy atom. The van der Waals surface area contributed by atoms with Gasteiger partial charge in [0.15, 0.2) is 0 Å². The van der Waals surface area contributed by atoms with Crippen LogP contribution in [0.15, 0.2) is 48.7 Å². The summed E-state index contributed by atoms with van der Waals surface area (Å²) in [5, 5.41) is 1.28. The van der Waals surface area contributed by atoms with Crippen LogP contribution in [0.1, 0.15) is 28.2 Å². The largest absolute Gasteiger partial charge is 0.361 e. The van der Waals surface area contributed by atoms with Crippen molar-refractivity contribution in [2.24, 2.45) is 0 Å². The van der Waals surface area contributed by atoms with E-state index in [0.717, 1.165) is 13.1 Å². The molecule has 0 bridgehead atoms. The van der Waals surface area contributed by atoms with Gasteiger partial charge in [-0.25, -0.2) is 0 Å². The molecule has 2 aromatic carbocycles. The second-order valence-corrected chi connectivity index (χ2v) is 6.28. The number of fused-ring (bicyclic) bond motifs is 2. The van der Waals surface area contributed by atoms with Crippen molar-refractivity contribution in [3.63, 3.8) is 0 Å². The van der Waals surface area contributed by atoms with E-state index in [1.807, 2.05) is 6.20 Å². The van der Waals surface area contributed by atoms with Gasteiger partial charge in [0.1, 0.15) is 0 Å². The minimum Gasteiger partial charge on any atom is -0.361 e. The summed E-state index contributed by atoms with van der Waals surface area (Å²) >= 11 is 0. The molecule has 0 fully saturated rings. The number of aryl methyl sites for hydroxylation is 1. The fourth-order valence-electron chi connectivity index (χ4n) is 3.54. The third-order valence-corrected chi connectivity index (χ3v) is 4.59. The maximum absolute atomic E-state index is 3.33. The summed E-state index contributed by atoms with van der Waals surface area (Å²) in [4.78, 5) is 5.75. The van der Waals surface area contributed by atoms with Gasteiger partial charge in [-0.2, -0.15) is 0 Å². The Labute approximate surface area is 125 Å². The van der Waals surface area contributed by atoms with Crippen LogP contribution in [0.25, 0.3) is 10.9 Å². The van der Waals surface area contributed by atoms with Crippen LogP contribution < -0.4 is 0 Å². The molecule has 1 aliphatic rings. The van der Waals surface area contributed by atoms with E-state index in [1.165, 1.54) is 33.2 Å². The number of H-pyrrole nitrogens is 1. The topological polar surface area (TPSA) is 19.0 Å². The molecule has 0 radical (unpaired) electrons. The molecule has 2 nitrogen and oxygen atoms in total. The lowest BCUT2D eigenvalue weighted by Crippen LogP contribution is -2.31. The third kappa shape index (κ3) is 2.16. The Balaban J connectivity index is 1.84. The van der Waals surface area contributed by atoms with Gasteiger partial charge in [-0.15, -0.1) is 0 Å². The summed E-state index contributed by atoms with van der Waals surface area (Å²) in [6.45, 7) is 4.31. The van der Waals surface area contributed by atoms with Gasteiger partial charge in [0, 0.05) is 30.7 Å². The summed E-state index contributed by atoms with van der Waals surface area (Å²) in [5.41, 5.74) is 6.95. The highest BCUT2D eigenvalue weighted by Gasteiger charge is 2.24. The molecule has 1 N–H and O–H groups in total. The molecule has 3 aromatic rings. The van der Waals surface area contributed by atoms with Gasteiger partial charge < -0.3 is 9.88 Å². The molecule has 1 aromatic heterocycles. The predicted octanol–water partition coefficient (Wildman–Crippen LogP) is 4.05. The zero-order valence-electron chi connectivity index (χ0n) is 12.6. The maximum Gasteiger partial charge on any atom is 0.0456 e. The zero-order valence-corrected chi connectivity index (χ0v) is 12.6. The van der Waals surface area contributed by atoms with Crippen LogP contribution in [0.4, 0.5) is 0 Å². The Morgan fingerprint density at radius 2 is 2.00 bits per heavy atom. The van der Waals surface area contributed by atoms with E-state index in [-0.39, 0.29) is 0 Å². The molecule has 0 aliphatic carbocycles. The molecule has 0 saturated heterocycles. The lowest BCUT2D eigenvalue weighted by atomic mass is 9.84. The smallest absolute Gasteiger partial charge is 0.0456 e. The van der Waals surface area contributed by atoms with Crippen LogP contribution in [-0.4, -0.2) is 23.5 Å². The number of nitrogens with zero attached hydrogens (tertiary/aromatic N) is 1. The number of likely N-dealkylation sites (N-methyl/N-ethyl adjacent to an activating group) is 1. The Morgan fingerprint density at radius 3 is 2.90 bits per heavy atom. The first kappa shape index (κ1) is 12.7. The predicted molar refractivity (Wildman–Crippen MR) is 87.7 cm³/mol. The number of benzene rings is 2. The van der Waals surface area contributed by atoms with Gasteiger partial charge in [-0.1, -0.05) is 35.9 Å². The van der Waals surface area contributed by atoms with E-state index in [0.29, 0.717) is 5.92 Å². The van der Waals surface area contributed by atoms with Gasteiger partial charge in [-0.3, -0.25) is 0 Å². The molecule has 0 spiro atoms. The van der Waals surface area contributed by atoms with Crippen molar-refractivity contribution < 1.29 is 0 Å². The Kier molecular flexibility index (Phi) is 2.86. The fraction of sp³-hybridized carbons (Fsp3) is 0.263. The average molecular weight is 276 g/mol. The minimum absolute atomic E-state index is 0.465. The van der Waals surface area contributed by atoms with Crippen LogP contribution in [-0.2, 0) is 6.54 Å². The van der Waals surface area contributed by atoms with Crippen LogP contribution >= 0.6 is 0 Å². The summed E-state index contributed by atoms with van der Waals surface area (Å²) < 4.78 is 0. The molecular formula is C19H20N2. The second-order valence-electron chi connectivity index (χ2n) is 6.28. The van der Waals surface area contributed by atoms with Crippen LogP contribution in [0, 0.1) is 6.92 Å². The summed E-state index contributed by atoms with van der Waals surface area (Å²) in [7, 11) is 2.21. The highest BCUT2D eigenvalue weighted by atomic mass is 15.1. The van der Waals surface area contributed by atoms with Crippen molar-refractivity contribution in [1.82, 2.24) is 9.88 Å². The number of hydrogen-bond donors (Lipinski definition) is 1. The van der Waals surface area contributed by atoms with Crippen molar-refractivity contribution in [1.29, 1.82) is 0 Å². The van der Waals surface area contributed by atoms with Gasteiger partial charge in [-0.05, 0) is 48.2 Å². The molecule has 1 aliphatic heterocycles. The molecule has 2 heterocycles. The number of aromatic amines is 1. The minimum atomic E-state index is 0.465. The standard InChI is InChI=1S/C19H20N2/c1-13-3-6-17-16(9-13)11-21(2)12-18(17)15-5-4-14-7-8-20-19(14)10-15/h3-10,18,20H,11-12H2,1-2H3/t18-/m0/s1. The number of hydrogen-bond acceptors (Lipinski definition) is 1. The maximum atomic E-state index is 3.33. The molecule has 106 valence electrons. The van der Waals surface area contributed by atoms with Crippen molar-refractivity contribution in [2.75, 3.05) is 13.6 Å². The summed E-state index contributed by atoms with van der Waals surface area (Å²) in [6, 6.07) is 15.8. The molecule has 0 unspecified atom stereocenters. The normalized spacial score (nSPS) is 18.9. The van der Waals surface area contributed by atoms with E-state index >= 15 is 0 Å². The van der Waals surface area contributed by atoms with Gasteiger partial charge in [0.05, 0.1) is 0 Å². The molecule has 21 heavy (non-hydrogen) atoms. The molecule has 0 amide bonds. The first-order valence-corrected chi connectivity index (χ1v) is 7.56. The average Bonchev–Trinajstić information content (AvgIpc) is 2.93. The molecule has 2 heteroatoms. The van der Waals surface area contributed by atoms with Crippen molar-refractivity contribution in [3.8, 4) is 0 Å². The van der Waals surface area contributed by atoms with Crippen molar-refractivity contribution in [2.45, 2.75) is 19.4 Å². The van der Waals surface area contributed by atoms with E-state index in [9.17, 15) is 0 Å². The van der Waals surface area contributed by atoms with Crippen LogP contribution in [0.2, 0.25) is 0 Å². The Bertz CT molecular complexity index is 800. The zero-order chi connectivity index (χ0) is 14.4. The third-order valence-electron chi connectivity index (χ3n) is 4.59. The SMILES string of the molecule is Cc1ccc2c(c1)CN(C)C[C@H]2c1ccc2cc[nH]c2c1. The van der Waals surface area contributed by atoms with Gasteiger partial charge in [0.2, 0.25) is 0 Å².